The Morgan fingerprint density at radius 3 is 2.30 bits per heavy atom. The van der Waals surface area contributed by atoms with Gasteiger partial charge in [-0.1, -0.05) is 24.4 Å². The molecule has 0 atom stereocenters. The largest absolute Gasteiger partial charge is 0.492 e. The summed E-state index contributed by atoms with van der Waals surface area (Å²) in [4.78, 5) is 11.9. The van der Waals surface area contributed by atoms with Crippen LogP contribution >= 0.6 is 27.5 Å². The molecule has 2 rings (SSSR count). The molecule has 1 aromatic carbocycles. The molecular formula is C14H16BrClO4. The zero-order chi connectivity index (χ0) is 14.9. The Kier molecular flexibility index (Phi) is 4.49. The minimum Gasteiger partial charge on any atom is -0.492 e. The van der Waals surface area contributed by atoms with E-state index in [4.69, 9.17) is 21.1 Å². The van der Waals surface area contributed by atoms with Gasteiger partial charge in [0.1, 0.15) is 0 Å². The molecule has 1 aliphatic rings. The molecule has 0 saturated heterocycles. The second-order valence-electron chi connectivity index (χ2n) is 4.88. The summed E-state index contributed by atoms with van der Waals surface area (Å²) >= 11 is 9.69. The first kappa shape index (κ1) is 15.4. The van der Waals surface area contributed by atoms with Gasteiger partial charge in [0.2, 0.25) is 0 Å². The number of carboxylic acid groups (broad SMARTS) is 1. The van der Waals surface area contributed by atoms with Crippen molar-refractivity contribution in [1.29, 1.82) is 0 Å². The van der Waals surface area contributed by atoms with E-state index in [-0.39, 0.29) is 0 Å². The van der Waals surface area contributed by atoms with Gasteiger partial charge in [0, 0.05) is 5.56 Å². The first-order valence-electron chi connectivity index (χ1n) is 6.31. The molecule has 1 aromatic rings. The summed E-state index contributed by atoms with van der Waals surface area (Å²) in [5.41, 5.74) is -0.470. The smallest absolute Gasteiger partial charge is 0.314 e. The van der Waals surface area contributed by atoms with Crippen LogP contribution in [0.2, 0.25) is 5.02 Å². The van der Waals surface area contributed by atoms with Gasteiger partial charge in [-0.25, -0.2) is 0 Å². The molecule has 1 N–H and O–H groups in total. The maximum atomic E-state index is 11.9. The number of carboxylic acids is 1. The van der Waals surface area contributed by atoms with Crippen molar-refractivity contribution >= 4 is 33.5 Å². The topological polar surface area (TPSA) is 55.8 Å². The van der Waals surface area contributed by atoms with Gasteiger partial charge in [0.15, 0.2) is 11.5 Å². The average Bonchev–Trinajstić information content (AvgIpc) is 2.88. The molecule has 1 saturated carbocycles. The summed E-state index contributed by atoms with van der Waals surface area (Å²) in [6, 6.07) is 1.67. The molecule has 0 spiro atoms. The molecule has 1 aliphatic carbocycles. The zero-order valence-electron chi connectivity index (χ0n) is 11.3. The van der Waals surface area contributed by atoms with Crippen LogP contribution in [0.3, 0.4) is 0 Å². The van der Waals surface area contributed by atoms with Crippen molar-refractivity contribution in [2.45, 2.75) is 31.1 Å². The molecule has 0 aliphatic heterocycles. The average molecular weight is 364 g/mol. The molecule has 6 heteroatoms. The second kappa shape index (κ2) is 5.82. The number of hydrogen-bond donors (Lipinski definition) is 1. The van der Waals surface area contributed by atoms with Crippen molar-refractivity contribution < 1.29 is 19.4 Å². The molecular weight excluding hydrogens is 348 g/mol. The van der Waals surface area contributed by atoms with Gasteiger partial charge in [-0.05, 0) is 34.8 Å². The van der Waals surface area contributed by atoms with E-state index in [0.717, 1.165) is 12.8 Å². The van der Waals surface area contributed by atoms with Crippen molar-refractivity contribution in [3.8, 4) is 11.5 Å². The van der Waals surface area contributed by atoms with Crippen LogP contribution in [0.5, 0.6) is 11.5 Å². The Bertz CT molecular complexity index is 538. The second-order valence-corrected chi connectivity index (χ2v) is 6.14. The quantitative estimate of drug-likeness (QED) is 0.878. The molecule has 110 valence electrons. The Morgan fingerprint density at radius 1 is 1.30 bits per heavy atom. The Labute approximate surface area is 131 Å². The molecule has 0 radical (unpaired) electrons. The first-order chi connectivity index (χ1) is 9.47. The van der Waals surface area contributed by atoms with Crippen molar-refractivity contribution in [1.82, 2.24) is 0 Å². The fourth-order valence-electron chi connectivity index (χ4n) is 2.96. The van der Waals surface area contributed by atoms with E-state index in [9.17, 15) is 9.90 Å². The summed E-state index contributed by atoms with van der Waals surface area (Å²) in [5.74, 6) is 0.00942. The lowest BCUT2D eigenvalue weighted by Crippen LogP contribution is -2.33. The van der Waals surface area contributed by atoms with E-state index >= 15 is 0 Å². The van der Waals surface area contributed by atoms with E-state index < -0.39 is 11.4 Å². The third-order valence-electron chi connectivity index (χ3n) is 3.90. The third kappa shape index (κ3) is 2.27. The third-order valence-corrected chi connectivity index (χ3v) is 4.78. The maximum Gasteiger partial charge on any atom is 0.314 e. The van der Waals surface area contributed by atoms with E-state index in [2.05, 4.69) is 15.9 Å². The monoisotopic (exact) mass is 362 g/mol. The molecule has 20 heavy (non-hydrogen) atoms. The van der Waals surface area contributed by atoms with Gasteiger partial charge in [0.05, 0.1) is 29.1 Å². The van der Waals surface area contributed by atoms with Crippen LogP contribution in [0, 0.1) is 0 Å². The molecule has 0 heterocycles. The van der Waals surface area contributed by atoms with Crippen LogP contribution in [0.4, 0.5) is 0 Å². The van der Waals surface area contributed by atoms with Gasteiger partial charge >= 0.3 is 5.97 Å². The minimum atomic E-state index is -0.990. The van der Waals surface area contributed by atoms with Crippen LogP contribution in [0.25, 0.3) is 0 Å². The minimum absolute atomic E-state index is 0.388. The predicted molar refractivity (Wildman–Crippen MR) is 80.0 cm³/mol. The highest BCUT2D eigenvalue weighted by molar-refractivity contribution is 9.10. The predicted octanol–water partition coefficient (Wildman–Crippen LogP) is 4.02. The number of rotatable bonds is 4. The summed E-state index contributed by atoms with van der Waals surface area (Å²) < 4.78 is 11.4. The van der Waals surface area contributed by atoms with Gasteiger partial charge in [-0.2, -0.15) is 0 Å². The summed E-state index contributed by atoms with van der Waals surface area (Å²) in [6.45, 7) is 0. The van der Waals surface area contributed by atoms with E-state index in [0.29, 0.717) is 39.4 Å². The number of hydrogen-bond acceptors (Lipinski definition) is 3. The Hall–Kier alpha value is -0.940. The highest BCUT2D eigenvalue weighted by atomic mass is 79.9. The molecule has 0 aromatic heterocycles. The lowest BCUT2D eigenvalue weighted by atomic mass is 9.78. The molecule has 4 nitrogen and oxygen atoms in total. The van der Waals surface area contributed by atoms with Crippen molar-refractivity contribution in [3.05, 3.63) is 21.1 Å². The summed E-state index contributed by atoms with van der Waals surface area (Å²) in [6.07, 6.45) is 2.85. The van der Waals surface area contributed by atoms with Crippen LogP contribution in [-0.2, 0) is 10.2 Å². The van der Waals surface area contributed by atoms with E-state index in [1.807, 2.05) is 0 Å². The van der Waals surface area contributed by atoms with E-state index in [1.165, 1.54) is 14.2 Å². The standard InChI is InChI=1S/C14H16BrClO4/c1-19-11-8(15)7-9(16)10(12(11)20-2)14(13(17)18)5-3-4-6-14/h7H,3-6H2,1-2H3,(H,17,18). The fourth-order valence-corrected chi connectivity index (χ4v) is 4.04. The first-order valence-corrected chi connectivity index (χ1v) is 7.49. The normalized spacial score (nSPS) is 17.0. The van der Waals surface area contributed by atoms with Gasteiger partial charge in [-0.15, -0.1) is 0 Å². The number of ether oxygens (including phenoxy) is 2. The lowest BCUT2D eigenvalue weighted by Gasteiger charge is -2.28. The number of carbonyl (C=O) groups is 1. The Balaban J connectivity index is 2.75. The van der Waals surface area contributed by atoms with Crippen LogP contribution in [0.15, 0.2) is 10.5 Å². The fraction of sp³-hybridized carbons (Fsp3) is 0.500. The molecule has 0 unspecified atom stereocenters. The maximum absolute atomic E-state index is 11.9. The Morgan fingerprint density at radius 2 is 1.85 bits per heavy atom. The lowest BCUT2D eigenvalue weighted by molar-refractivity contribution is -0.143. The number of methoxy groups -OCH3 is 2. The summed E-state index contributed by atoms with van der Waals surface area (Å²) in [5, 5.41) is 10.1. The zero-order valence-corrected chi connectivity index (χ0v) is 13.7. The van der Waals surface area contributed by atoms with Gasteiger partial charge in [-0.3, -0.25) is 4.79 Å². The van der Waals surface area contributed by atoms with Gasteiger partial charge in [0.25, 0.3) is 0 Å². The SMILES string of the molecule is COc1c(Br)cc(Cl)c(C2(C(=O)O)CCCC2)c1OC. The highest BCUT2D eigenvalue weighted by Gasteiger charge is 2.47. The van der Waals surface area contributed by atoms with Crippen LogP contribution in [-0.4, -0.2) is 25.3 Å². The van der Waals surface area contributed by atoms with Crippen molar-refractivity contribution in [2.24, 2.45) is 0 Å². The summed E-state index contributed by atoms with van der Waals surface area (Å²) in [7, 11) is 3.01. The van der Waals surface area contributed by atoms with Crippen molar-refractivity contribution in [2.75, 3.05) is 14.2 Å². The van der Waals surface area contributed by atoms with Crippen LogP contribution < -0.4 is 9.47 Å². The van der Waals surface area contributed by atoms with Crippen LogP contribution in [0.1, 0.15) is 31.2 Å². The molecule has 1 fully saturated rings. The molecule has 0 bridgehead atoms. The van der Waals surface area contributed by atoms with Gasteiger partial charge < -0.3 is 14.6 Å². The number of benzene rings is 1. The molecule has 0 amide bonds. The number of aliphatic carboxylic acids is 1. The van der Waals surface area contributed by atoms with Crippen molar-refractivity contribution in [3.63, 3.8) is 0 Å². The number of halogens is 2. The van der Waals surface area contributed by atoms with E-state index in [1.54, 1.807) is 6.07 Å². The highest BCUT2D eigenvalue weighted by Crippen LogP contribution is 2.52.